The summed E-state index contributed by atoms with van der Waals surface area (Å²) in [5, 5.41) is 5.41. The molecule has 0 saturated heterocycles. The number of aryl methyl sites for hydroxylation is 1. The van der Waals surface area contributed by atoms with Crippen LogP contribution >= 0.6 is 0 Å². The van der Waals surface area contributed by atoms with E-state index in [2.05, 4.69) is 29.4 Å². The SMILES string of the molecule is COc1ccc2c3c(c(N=O)cc2c1)CCc1ccccc1-3. The van der Waals surface area contributed by atoms with E-state index in [1.165, 1.54) is 11.1 Å². The van der Waals surface area contributed by atoms with Crippen molar-refractivity contribution in [3.05, 3.63) is 64.6 Å². The summed E-state index contributed by atoms with van der Waals surface area (Å²) in [4.78, 5) is 11.3. The third kappa shape index (κ3) is 1.82. The molecule has 0 fully saturated rings. The second-order valence-electron chi connectivity index (χ2n) is 5.58. The van der Waals surface area contributed by atoms with Gasteiger partial charge in [-0.3, -0.25) is 0 Å². The lowest BCUT2D eigenvalue weighted by atomic mass is 9.82. The van der Waals surface area contributed by atoms with Gasteiger partial charge in [0.2, 0.25) is 0 Å². The van der Waals surface area contributed by atoms with Crippen LogP contribution < -0.4 is 4.74 Å². The first-order valence-corrected chi connectivity index (χ1v) is 7.37. The van der Waals surface area contributed by atoms with Crippen molar-refractivity contribution in [1.82, 2.24) is 0 Å². The van der Waals surface area contributed by atoms with Gasteiger partial charge in [0.25, 0.3) is 0 Å². The van der Waals surface area contributed by atoms with Crippen LogP contribution in [-0.2, 0) is 12.8 Å². The predicted octanol–water partition coefficient (Wildman–Crippen LogP) is 5.01. The van der Waals surface area contributed by atoms with Gasteiger partial charge in [-0.15, -0.1) is 4.91 Å². The van der Waals surface area contributed by atoms with Gasteiger partial charge in [-0.25, -0.2) is 0 Å². The molecule has 0 bridgehead atoms. The number of hydrogen-bond acceptors (Lipinski definition) is 3. The highest BCUT2D eigenvalue weighted by molar-refractivity contribution is 6.03. The van der Waals surface area contributed by atoms with E-state index >= 15 is 0 Å². The van der Waals surface area contributed by atoms with Gasteiger partial charge in [0.15, 0.2) is 0 Å². The maximum Gasteiger partial charge on any atom is 0.119 e. The van der Waals surface area contributed by atoms with Gasteiger partial charge in [-0.2, -0.15) is 0 Å². The van der Waals surface area contributed by atoms with Crippen molar-refractivity contribution in [2.24, 2.45) is 5.18 Å². The van der Waals surface area contributed by atoms with Gasteiger partial charge < -0.3 is 4.74 Å². The Kier molecular flexibility index (Phi) is 2.93. The molecule has 22 heavy (non-hydrogen) atoms. The van der Waals surface area contributed by atoms with Gasteiger partial charge in [0, 0.05) is 0 Å². The van der Waals surface area contributed by atoms with Crippen molar-refractivity contribution in [3.8, 4) is 16.9 Å². The Balaban J connectivity index is 2.13. The number of fused-ring (bicyclic) bond motifs is 5. The summed E-state index contributed by atoms with van der Waals surface area (Å²) in [5.41, 5.74) is 5.30. The second kappa shape index (κ2) is 4.95. The summed E-state index contributed by atoms with van der Waals surface area (Å²) in [5.74, 6) is 0.786. The van der Waals surface area contributed by atoms with Crippen molar-refractivity contribution < 1.29 is 4.74 Å². The maximum atomic E-state index is 11.3. The van der Waals surface area contributed by atoms with Crippen molar-refractivity contribution >= 4 is 16.5 Å². The van der Waals surface area contributed by atoms with E-state index in [1.54, 1.807) is 7.11 Å². The van der Waals surface area contributed by atoms with Gasteiger partial charge in [-0.05, 0) is 69.2 Å². The van der Waals surface area contributed by atoms with E-state index in [-0.39, 0.29) is 0 Å². The van der Waals surface area contributed by atoms with Crippen LogP contribution in [0.1, 0.15) is 11.1 Å². The number of methoxy groups -OCH3 is 1. The lowest BCUT2D eigenvalue weighted by molar-refractivity contribution is 0.415. The molecular weight excluding hydrogens is 274 g/mol. The summed E-state index contributed by atoms with van der Waals surface area (Å²) >= 11 is 0. The van der Waals surface area contributed by atoms with Crippen LogP contribution in [0.25, 0.3) is 21.9 Å². The zero-order valence-electron chi connectivity index (χ0n) is 12.3. The number of benzene rings is 3. The van der Waals surface area contributed by atoms with Gasteiger partial charge in [0.05, 0.1) is 7.11 Å². The first kappa shape index (κ1) is 13.0. The molecule has 0 unspecified atom stereocenters. The van der Waals surface area contributed by atoms with Crippen LogP contribution in [-0.4, -0.2) is 7.11 Å². The molecule has 0 aliphatic heterocycles. The molecule has 3 aromatic rings. The first-order chi connectivity index (χ1) is 10.8. The lowest BCUT2D eigenvalue weighted by Gasteiger charge is -2.22. The van der Waals surface area contributed by atoms with Crippen LogP contribution in [0, 0.1) is 4.91 Å². The molecule has 0 saturated carbocycles. The van der Waals surface area contributed by atoms with Gasteiger partial charge in [0.1, 0.15) is 11.4 Å². The minimum atomic E-state index is 0.547. The van der Waals surface area contributed by atoms with E-state index in [0.29, 0.717) is 5.69 Å². The standard InChI is InChI=1S/C19H15NO2/c1-22-14-7-9-16-13(10-14)11-18(20-21)17-8-6-12-4-2-3-5-15(12)19(16)17/h2-5,7,9-11H,6,8H2,1H3. The molecule has 0 spiro atoms. The van der Waals surface area contributed by atoms with E-state index in [9.17, 15) is 4.91 Å². The topological polar surface area (TPSA) is 38.7 Å². The molecule has 4 rings (SSSR count). The van der Waals surface area contributed by atoms with E-state index < -0.39 is 0 Å². The minimum absolute atomic E-state index is 0.547. The molecule has 3 aromatic carbocycles. The Hall–Kier alpha value is -2.68. The molecule has 0 aromatic heterocycles. The summed E-state index contributed by atoms with van der Waals surface area (Å²) in [6.45, 7) is 0. The number of ether oxygens (including phenoxy) is 1. The third-order valence-electron chi connectivity index (χ3n) is 4.46. The largest absolute Gasteiger partial charge is 0.497 e. The number of rotatable bonds is 2. The lowest BCUT2D eigenvalue weighted by Crippen LogP contribution is -2.04. The van der Waals surface area contributed by atoms with Crippen LogP contribution in [0.5, 0.6) is 5.75 Å². The molecule has 0 N–H and O–H groups in total. The fourth-order valence-electron chi connectivity index (χ4n) is 3.42. The number of nitrogens with zero attached hydrogens (tertiary/aromatic N) is 1. The van der Waals surface area contributed by atoms with Crippen molar-refractivity contribution in [2.45, 2.75) is 12.8 Å². The normalized spacial score (nSPS) is 12.6. The summed E-state index contributed by atoms with van der Waals surface area (Å²) in [7, 11) is 1.65. The van der Waals surface area contributed by atoms with Crippen LogP contribution in [0.4, 0.5) is 5.69 Å². The summed E-state index contributed by atoms with van der Waals surface area (Å²) in [6.07, 6.45) is 1.81. The highest BCUT2D eigenvalue weighted by Crippen LogP contribution is 2.43. The molecule has 0 amide bonds. The molecule has 1 aliphatic rings. The second-order valence-corrected chi connectivity index (χ2v) is 5.58. The van der Waals surface area contributed by atoms with Gasteiger partial charge in [-0.1, -0.05) is 30.3 Å². The molecule has 3 heteroatoms. The van der Waals surface area contributed by atoms with E-state index in [0.717, 1.165) is 40.5 Å². The zero-order valence-corrected chi connectivity index (χ0v) is 12.3. The molecule has 108 valence electrons. The smallest absolute Gasteiger partial charge is 0.119 e. The zero-order chi connectivity index (χ0) is 15.1. The van der Waals surface area contributed by atoms with Crippen molar-refractivity contribution in [3.63, 3.8) is 0 Å². The minimum Gasteiger partial charge on any atom is -0.497 e. The van der Waals surface area contributed by atoms with Crippen LogP contribution in [0.15, 0.2) is 53.7 Å². The Labute approximate surface area is 128 Å². The molecule has 0 heterocycles. The molecule has 3 nitrogen and oxygen atoms in total. The van der Waals surface area contributed by atoms with E-state index in [1.807, 2.05) is 24.3 Å². The van der Waals surface area contributed by atoms with Crippen LogP contribution in [0.3, 0.4) is 0 Å². The van der Waals surface area contributed by atoms with Gasteiger partial charge >= 0.3 is 0 Å². The highest BCUT2D eigenvalue weighted by atomic mass is 16.5. The Morgan fingerprint density at radius 3 is 2.73 bits per heavy atom. The van der Waals surface area contributed by atoms with Crippen LogP contribution in [0.2, 0.25) is 0 Å². The molecule has 0 atom stereocenters. The number of nitroso groups, excluding NO2 is 1. The average Bonchev–Trinajstić information content (AvgIpc) is 2.59. The van der Waals surface area contributed by atoms with Crippen molar-refractivity contribution in [2.75, 3.05) is 7.11 Å². The van der Waals surface area contributed by atoms with Crippen molar-refractivity contribution in [1.29, 1.82) is 0 Å². The Bertz CT molecular complexity index is 899. The highest BCUT2D eigenvalue weighted by Gasteiger charge is 2.22. The molecule has 0 radical (unpaired) electrons. The monoisotopic (exact) mass is 289 g/mol. The Morgan fingerprint density at radius 2 is 1.91 bits per heavy atom. The molecule has 1 aliphatic carbocycles. The Morgan fingerprint density at radius 1 is 1.05 bits per heavy atom. The fraction of sp³-hybridized carbons (Fsp3) is 0.158. The summed E-state index contributed by atoms with van der Waals surface area (Å²) < 4.78 is 5.30. The fourth-order valence-corrected chi connectivity index (χ4v) is 3.42. The predicted molar refractivity (Wildman–Crippen MR) is 88.8 cm³/mol. The third-order valence-corrected chi connectivity index (χ3v) is 4.46. The van der Waals surface area contributed by atoms with E-state index in [4.69, 9.17) is 4.74 Å². The first-order valence-electron chi connectivity index (χ1n) is 7.37. The average molecular weight is 289 g/mol. The molecular formula is C19H15NO2. The maximum absolute atomic E-state index is 11.3. The number of hydrogen-bond donors (Lipinski definition) is 0. The quantitative estimate of drug-likeness (QED) is 0.622. The summed E-state index contributed by atoms with van der Waals surface area (Å²) in [6, 6.07) is 16.3.